The summed E-state index contributed by atoms with van der Waals surface area (Å²) in [5.74, 6) is -0.234. The number of hydrogen-bond acceptors (Lipinski definition) is 2. The van der Waals surface area contributed by atoms with E-state index in [0.717, 1.165) is 5.56 Å². The van der Waals surface area contributed by atoms with Crippen LogP contribution in [0.2, 0.25) is 5.02 Å². The molecule has 2 rings (SSSR count). The quantitative estimate of drug-likeness (QED) is 0.539. The van der Waals surface area contributed by atoms with Gasteiger partial charge in [-0.15, -0.1) is 0 Å². The van der Waals surface area contributed by atoms with E-state index >= 15 is 0 Å². The highest BCUT2D eigenvalue weighted by molar-refractivity contribution is 6.32. The summed E-state index contributed by atoms with van der Waals surface area (Å²) in [5.41, 5.74) is 1.55. The standard InChI is InChI=1S/C12H11ClO2/c1-8-6-10(12(14)15-8)7-9-4-2-3-5-11(9)13/h2-5,7-8H,6H2,1H3. The number of hydrogen-bond donors (Lipinski definition) is 0. The lowest BCUT2D eigenvalue weighted by Crippen LogP contribution is -1.99. The number of carbonyl (C=O) groups excluding carboxylic acids is 1. The molecule has 0 bridgehead atoms. The topological polar surface area (TPSA) is 26.3 Å². The van der Waals surface area contributed by atoms with Gasteiger partial charge < -0.3 is 4.74 Å². The van der Waals surface area contributed by atoms with Gasteiger partial charge >= 0.3 is 5.97 Å². The molecular formula is C12H11ClO2. The average molecular weight is 223 g/mol. The first kappa shape index (κ1) is 10.2. The van der Waals surface area contributed by atoms with Crippen LogP contribution in [0.3, 0.4) is 0 Å². The second kappa shape index (κ2) is 4.07. The third-order valence-electron chi connectivity index (χ3n) is 2.31. The third kappa shape index (κ3) is 2.21. The molecule has 0 saturated carbocycles. The number of benzene rings is 1. The molecule has 1 heterocycles. The minimum absolute atomic E-state index is 0.0220. The molecule has 1 aliphatic heterocycles. The minimum atomic E-state index is -0.234. The number of esters is 1. The normalized spacial score (nSPS) is 23.2. The van der Waals surface area contributed by atoms with Gasteiger partial charge in [-0.2, -0.15) is 0 Å². The zero-order chi connectivity index (χ0) is 10.8. The van der Waals surface area contributed by atoms with Gasteiger partial charge in [0.15, 0.2) is 0 Å². The van der Waals surface area contributed by atoms with Gasteiger partial charge in [0.25, 0.3) is 0 Å². The summed E-state index contributed by atoms with van der Waals surface area (Å²) in [4.78, 5) is 11.4. The van der Waals surface area contributed by atoms with Crippen molar-refractivity contribution in [2.75, 3.05) is 0 Å². The van der Waals surface area contributed by atoms with Gasteiger partial charge in [-0.05, 0) is 24.6 Å². The molecule has 0 spiro atoms. The first-order valence-corrected chi connectivity index (χ1v) is 5.20. The molecule has 0 aromatic heterocycles. The number of cyclic esters (lactones) is 1. The van der Waals surface area contributed by atoms with E-state index in [1.807, 2.05) is 25.1 Å². The van der Waals surface area contributed by atoms with E-state index in [-0.39, 0.29) is 12.1 Å². The van der Waals surface area contributed by atoms with Crippen LogP contribution in [0.5, 0.6) is 0 Å². The maximum absolute atomic E-state index is 11.4. The van der Waals surface area contributed by atoms with E-state index in [4.69, 9.17) is 16.3 Å². The van der Waals surface area contributed by atoms with E-state index in [1.54, 1.807) is 12.1 Å². The Kier molecular flexibility index (Phi) is 2.78. The van der Waals surface area contributed by atoms with Crippen molar-refractivity contribution in [2.24, 2.45) is 0 Å². The van der Waals surface area contributed by atoms with Gasteiger partial charge in [0.05, 0.1) is 0 Å². The van der Waals surface area contributed by atoms with Crippen LogP contribution in [0, 0.1) is 0 Å². The molecule has 0 radical (unpaired) electrons. The zero-order valence-corrected chi connectivity index (χ0v) is 9.12. The van der Waals surface area contributed by atoms with Crippen molar-refractivity contribution in [1.82, 2.24) is 0 Å². The Morgan fingerprint density at radius 3 is 2.80 bits per heavy atom. The van der Waals surface area contributed by atoms with Gasteiger partial charge in [0.1, 0.15) is 6.10 Å². The average Bonchev–Trinajstić information content (AvgIpc) is 2.49. The molecule has 0 amide bonds. The fraction of sp³-hybridized carbons (Fsp3) is 0.250. The van der Waals surface area contributed by atoms with Gasteiger partial charge in [-0.1, -0.05) is 29.8 Å². The monoisotopic (exact) mass is 222 g/mol. The second-order valence-electron chi connectivity index (χ2n) is 3.61. The fourth-order valence-electron chi connectivity index (χ4n) is 1.59. The number of carbonyl (C=O) groups is 1. The van der Waals surface area contributed by atoms with Crippen molar-refractivity contribution >= 4 is 23.6 Å². The molecule has 1 unspecified atom stereocenters. The Morgan fingerprint density at radius 2 is 2.20 bits per heavy atom. The molecule has 1 atom stereocenters. The Hall–Kier alpha value is -1.28. The molecule has 2 nitrogen and oxygen atoms in total. The van der Waals surface area contributed by atoms with E-state index in [1.165, 1.54) is 0 Å². The highest BCUT2D eigenvalue weighted by Gasteiger charge is 2.25. The molecule has 78 valence electrons. The maximum atomic E-state index is 11.4. The molecule has 1 aromatic carbocycles. The molecule has 3 heteroatoms. The molecule has 1 aliphatic rings. The van der Waals surface area contributed by atoms with Crippen molar-refractivity contribution in [3.8, 4) is 0 Å². The molecule has 1 aromatic rings. The predicted octanol–water partition coefficient (Wildman–Crippen LogP) is 3.06. The van der Waals surface area contributed by atoms with Crippen molar-refractivity contribution in [3.05, 3.63) is 40.4 Å². The summed E-state index contributed by atoms with van der Waals surface area (Å²) in [7, 11) is 0. The van der Waals surface area contributed by atoms with E-state index < -0.39 is 0 Å². The highest BCUT2D eigenvalue weighted by Crippen LogP contribution is 2.25. The SMILES string of the molecule is CC1CC(=Cc2ccccc2Cl)C(=O)O1. The van der Waals surface area contributed by atoms with Crippen LogP contribution in [0.15, 0.2) is 29.8 Å². The largest absolute Gasteiger partial charge is 0.459 e. The van der Waals surface area contributed by atoms with Crippen molar-refractivity contribution in [3.63, 3.8) is 0 Å². The lowest BCUT2D eigenvalue weighted by Gasteiger charge is -1.97. The fourth-order valence-corrected chi connectivity index (χ4v) is 1.78. The predicted molar refractivity (Wildman–Crippen MR) is 59.6 cm³/mol. The summed E-state index contributed by atoms with van der Waals surface area (Å²) >= 11 is 5.99. The number of ether oxygens (including phenoxy) is 1. The van der Waals surface area contributed by atoms with Gasteiger partial charge in [0.2, 0.25) is 0 Å². The smallest absolute Gasteiger partial charge is 0.334 e. The Labute approximate surface area is 93.5 Å². The summed E-state index contributed by atoms with van der Waals surface area (Å²) in [6, 6.07) is 7.44. The Morgan fingerprint density at radius 1 is 1.47 bits per heavy atom. The minimum Gasteiger partial charge on any atom is -0.459 e. The summed E-state index contributed by atoms with van der Waals surface area (Å²) in [6.07, 6.45) is 2.43. The van der Waals surface area contributed by atoms with Gasteiger partial charge in [-0.3, -0.25) is 0 Å². The lowest BCUT2D eigenvalue weighted by molar-refractivity contribution is -0.138. The van der Waals surface area contributed by atoms with Crippen molar-refractivity contribution in [2.45, 2.75) is 19.4 Å². The highest BCUT2D eigenvalue weighted by atomic mass is 35.5. The van der Waals surface area contributed by atoms with Crippen LogP contribution in [-0.4, -0.2) is 12.1 Å². The molecule has 0 aliphatic carbocycles. The van der Waals surface area contributed by atoms with Crippen LogP contribution in [0.25, 0.3) is 6.08 Å². The first-order valence-electron chi connectivity index (χ1n) is 4.83. The Balaban J connectivity index is 2.31. The molecule has 0 N–H and O–H groups in total. The number of rotatable bonds is 1. The van der Waals surface area contributed by atoms with E-state index in [2.05, 4.69) is 0 Å². The van der Waals surface area contributed by atoms with Crippen LogP contribution < -0.4 is 0 Å². The summed E-state index contributed by atoms with van der Waals surface area (Å²) < 4.78 is 5.04. The van der Waals surface area contributed by atoms with Gasteiger partial charge in [0, 0.05) is 17.0 Å². The third-order valence-corrected chi connectivity index (χ3v) is 2.66. The number of halogens is 1. The van der Waals surface area contributed by atoms with Crippen LogP contribution in [-0.2, 0) is 9.53 Å². The van der Waals surface area contributed by atoms with Crippen LogP contribution in [0.4, 0.5) is 0 Å². The zero-order valence-electron chi connectivity index (χ0n) is 8.37. The summed E-state index contributed by atoms with van der Waals surface area (Å²) in [6.45, 7) is 1.88. The summed E-state index contributed by atoms with van der Waals surface area (Å²) in [5, 5.41) is 0.650. The van der Waals surface area contributed by atoms with Crippen molar-refractivity contribution < 1.29 is 9.53 Å². The van der Waals surface area contributed by atoms with Crippen LogP contribution >= 0.6 is 11.6 Å². The van der Waals surface area contributed by atoms with E-state index in [0.29, 0.717) is 17.0 Å². The van der Waals surface area contributed by atoms with Gasteiger partial charge in [-0.25, -0.2) is 4.79 Å². The first-order chi connectivity index (χ1) is 7.16. The second-order valence-corrected chi connectivity index (χ2v) is 4.02. The van der Waals surface area contributed by atoms with Crippen molar-refractivity contribution in [1.29, 1.82) is 0 Å². The molecule has 1 saturated heterocycles. The Bertz CT molecular complexity index is 423. The molecular weight excluding hydrogens is 212 g/mol. The lowest BCUT2D eigenvalue weighted by atomic mass is 10.1. The molecule has 15 heavy (non-hydrogen) atoms. The van der Waals surface area contributed by atoms with Crippen LogP contribution in [0.1, 0.15) is 18.9 Å². The molecule has 1 fully saturated rings. The maximum Gasteiger partial charge on any atom is 0.334 e. The van der Waals surface area contributed by atoms with E-state index in [9.17, 15) is 4.79 Å².